The van der Waals surface area contributed by atoms with Crippen molar-refractivity contribution < 1.29 is 4.79 Å². The quantitative estimate of drug-likeness (QED) is 0.660. The van der Waals surface area contributed by atoms with Crippen LogP contribution in [0.4, 0.5) is 4.79 Å². The van der Waals surface area contributed by atoms with Crippen molar-refractivity contribution in [2.75, 3.05) is 0 Å². The molecule has 0 spiro atoms. The molecular weight excluding hydrogens is 158 g/mol. The lowest BCUT2D eigenvalue weighted by Crippen LogP contribution is -2.21. The summed E-state index contributed by atoms with van der Waals surface area (Å²) in [4.78, 5) is 11.1. The summed E-state index contributed by atoms with van der Waals surface area (Å²) in [5, 5.41) is 2.59. The molecule has 0 aliphatic heterocycles. The molecule has 11 heavy (non-hydrogen) atoms. The number of rotatable bonds is 1. The largest absolute Gasteiger partial charge is 0.322 e. The Morgan fingerprint density at radius 1 is 1.45 bits per heavy atom. The second-order valence-corrected chi connectivity index (χ2v) is 5.21. The van der Waals surface area contributed by atoms with E-state index in [-0.39, 0.29) is 9.99 Å². The Morgan fingerprint density at radius 3 is 2.18 bits per heavy atom. The predicted octanol–water partition coefficient (Wildman–Crippen LogP) is 2.76. The fraction of sp³-hybridized carbons (Fsp3) is 0.625. The summed E-state index contributed by atoms with van der Waals surface area (Å²) in [6.07, 6.45) is 0. The second-order valence-electron chi connectivity index (χ2n) is 3.41. The fourth-order valence-corrected chi connectivity index (χ4v) is 1.26. The fourth-order valence-electron chi connectivity index (χ4n) is 0.478. The molecule has 0 aromatic rings. The number of carbonyl (C=O) groups excluding carboxylic acids is 1. The zero-order valence-electron chi connectivity index (χ0n) is 7.52. The third kappa shape index (κ3) is 7.46. The maximum absolute atomic E-state index is 11.1. The molecule has 0 fully saturated rings. The van der Waals surface area contributed by atoms with Gasteiger partial charge in [-0.2, -0.15) is 0 Å². The third-order valence-electron chi connectivity index (χ3n) is 0.714. The molecular formula is C8H15NOS. The molecule has 0 saturated carbocycles. The highest BCUT2D eigenvalue weighted by molar-refractivity contribution is 8.14. The Bertz CT molecular complexity index is 169. The zero-order chi connectivity index (χ0) is 9.07. The van der Waals surface area contributed by atoms with E-state index in [1.807, 2.05) is 20.8 Å². The number of nitrogens with one attached hydrogen (secondary N) is 1. The molecule has 0 aromatic heterocycles. The molecule has 3 heteroatoms. The van der Waals surface area contributed by atoms with E-state index in [2.05, 4.69) is 11.9 Å². The van der Waals surface area contributed by atoms with Crippen LogP contribution in [-0.4, -0.2) is 9.99 Å². The molecule has 0 saturated heterocycles. The minimum absolute atomic E-state index is 0.0282. The molecule has 0 bridgehead atoms. The lowest BCUT2D eigenvalue weighted by molar-refractivity contribution is 0.262. The van der Waals surface area contributed by atoms with Crippen molar-refractivity contribution in [1.29, 1.82) is 0 Å². The van der Waals surface area contributed by atoms with Crippen molar-refractivity contribution >= 4 is 17.0 Å². The highest BCUT2D eigenvalue weighted by Crippen LogP contribution is 2.23. The Labute approximate surface area is 72.4 Å². The normalized spacial score (nSPS) is 10.9. The molecule has 0 aliphatic rings. The topological polar surface area (TPSA) is 29.1 Å². The van der Waals surface area contributed by atoms with E-state index >= 15 is 0 Å². The van der Waals surface area contributed by atoms with Crippen LogP contribution in [0.3, 0.4) is 0 Å². The van der Waals surface area contributed by atoms with E-state index in [1.54, 1.807) is 6.92 Å². The lowest BCUT2D eigenvalue weighted by Gasteiger charge is -2.16. The number of hydrogen-bond acceptors (Lipinski definition) is 2. The SMILES string of the molecule is C=C(C)NC(=O)SC(C)(C)C. The van der Waals surface area contributed by atoms with Crippen molar-refractivity contribution in [1.82, 2.24) is 5.32 Å². The molecule has 64 valence electrons. The third-order valence-corrected chi connectivity index (χ3v) is 1.61. The number of carbonyl (C=O) groups is 1. The summed E-state index contributed by atoms with van der Waals surface area (Å²) < 4.78 is -0.0282. The van der Waals surface area contributed by atoms with Gasteiger partial charge >= 0.3 is 0 Å². The van der Waals surface area contributed by atoms with Gasteiger partial charge in [-0.25, -0.2) is 0 Å². The molecule has 0 atom stereocenters. The van der Waals surface area contributed by atoms with Crippen LogP contribution >= 0.6 is 11.8 Å². The van der Waals surface area contributed by atoms with Gasteiger partial charge < -0.3 is 5.32 Å². The highest BCUT2D eigenvalue weighted by atomic mass is 32.2. The van der Waals surface area contributed by atoms with Crippen LogP contribution in [0.25, 0.3) is 0 Å². The Morgan fingerprint density at radius 2 is 1.91 bits per heavy atom. The van der Waals surface area contributed by atoms with Crippen molar-refractivity contribution in [2.24, 2.45) is 0 Å². The van der Waals surface area contributed by atoms with Crippen LogP contribution in [0.1, 0.15) is 27.7 Å². The van der Waals surface area contributed by atoms with Gasteiger partial charge in [0, 0.05) is 10.4 Å². The van der Waals surface area contributed by atoms with Crippen molar-refractivity contribution in [3.63, 3.8) is 0 Å². The van der Waals surface area contributed by atoms with Crippen LogP contribution in [0.15, 0.2) is 12.3 Å². The van der Waals surface area contributed by atoms with Gasteiger partial charge in [-0.3, -0.25) is 4.79 Å². The van der Waals surface area contributed by atoms with E-state index in [0.29, 0.717) is 5.70 Å². The van der Waals surface area contributed by atoms with E-state index < -0.39 is 0 Å². The van der Waals surface area contributed by atoms with E-state index in [1.165, 1.54) is 11.8 Å². The van der Waals surface area contributed by atoms with Crippen LogP contribution in [0.5, 0.6) is 0 Å². The van der Waals surface area contributed by atoms with Crippen LogP contribution in [-0.2, 0) is 0 Å². The van der Waals surface area contributed by atoms with Gasteiger partial charge in [-0.15, -0.1) is 0 Å². The van der Waals surface area contributed by atoms with Crippen LogP contribution < -0.4 is 5.32 Å². The van der Waals surface area contributed by atoms with Crippen LogP contribution in [0.2, 0.25) is 0 Å². The molecule has 0 heterocycles. The monoisotopic (exact) mass is 173 g/mol. The molecule has 1 amide bonds. The molecule has 0 aliphatic carbocycles. The summed E-state index contributed by atoms with van der Waals surface area (Å²) in [6, 6.07) is 0. The number of amides is 1. The standard InChI is InChI=1S/C8H15NOS/c1-6(2)9-7(10)11-8(3,4)5/h1H2,2-5H3,(H,9,10). The smallest absolute Gasteiger partial charge is 0.283 e. The van der Waals surface area contributed by atoms with Gasteiger partial charge in [0.05, 0.1) is 0 Å². The minimum atomic E-state index is -0.0370. The molecule has 0 unspecified atom stereocenters. The first kappa shape index (κ1) is 10.6. The van der Waals surface area contributed by atoms with E-state index in [0.717, 1.165) is 0 Å². The van der Waals surface area contributed by atoms with Crippen molar-refractivity contribution in [3.8, 4) is 0 Å². The van der Waals surface area contributed by atoms with Gasteiger partial charge in [-0.05, 0) is 6.92 Å². The van der Waals surface area contributed by atoms with Gasteiger partial charge in [0.15, 0.2) is 0 Å². The Hall–Kier alpha value is -0.440. The first-order valence-corrected chi connectivity index (χ1v) is 4.28. The van der Waals surface area contributed by atoms with Crippen molar-refractivity contribution in [2.45, 2.75) is 32.4 Å². The molecule has 0 radical (unpaired) electrons. The Kier molecular flexibility index (Phi) is 3.66. The number of allylic oxidation sites excluding steroid dienone is 1. The van der Waals surface area contributed by atoms with Crippen LogP contribution in [0, 0.1) is 0 Å². The number of hydrogen-bond donors (Lipinski definition) is 1. The van der Waals surface area contributed by atoms with E-state index in [4.69, 9.17) is 0 Å². The maximum Gasteiger partial charge on any atom is 0.283 e. The predicted molar refractivity (Wildman–Crippen MR) is 50.7 cm³/mol. The van der Waals surface area contributed by atoms with Gasteiger partial charge in [-0.1, -0.05) is 39.1 Å². The summed E-state index contributed by atoms with van der Waals surface area (Å²) in [5.41, 5.74) is 0.687. The average molecular weight is 173 g/mol. The molecule has 0 aromatic carbocycles. The minimum Gasteiger partial charge on any atom is -0.322 e. The summed E-state index contributed by atoms with van der Waals surface area (Å²) in [5.74, 6) is 0. The summed E-state index contributed by atoms with van der Waals surface area (Å²) in [7, 11) is 0. The first-order chi connectivity index (χ1) is 4.81. The average Bonchev–Trinajstić information content (AvgIpc) is 1.53. The zero-order valence-corrected chi connectivity index (χ0v) is 8.34. The molecule has 0 rings (SSSR count). The van der Waals surface area contributed by atoms with Gasteiger partial charge in [0.25, 0.3) is 5.24 Å². The summed E-state index contributed by atoms with van der Waals surface area (Å²) >= 11 is 1.27. The molecule has 2 nitrogen and oxygen atoms in total. The van der Waals surface area contributed by atoms with Crippen molar-refractivity contribution in [3.05, 3.63) is 12.3 Å². The first-order valence-electron chi connectivity index (χ1n) is 3.47. The van der Waals surface area contributed by atoms with E-state index in [9.17, 15) is 4.79 Å². The summed E-state index contributed by atoms with van der Waals surface area (Å²) in [6.45, 7) is 11.3. The van der Waals surface area contributed by atoms with Gasteiger partial charge in [0.1, 0.15) is 0 Å². The maximum atomic E-state index is 11.1. The number of thioether (sulfide) groups is 1. The molecule has 1 N–H and O–H groups in total. The Balaban J connectivity index is 3.80. The lowest BCUT2D eigenvalue weighted by atomic mass is 10.3. The second kappa shape index (κ2) is 3.81. The highest BCUT2D eigenvalue weighted by Gasteiger charge is 2.15. The van der Waals surface area contributed by atoms with Gasteiger partial charge in [0.2, 0.25) is 0 Å².